The molecule has 1 aliphatic heterocycles. The Bertz CT molecular complexity index is 1210. The second-order valence-electron chi connectivity index (χ2n) is 8.03. The lowest BCUT2D eigenvalue weighted by atomic mass is 9.97. The summed E-state index contributed by atoms with van der Waals surface area (Å²) in [4.78, 5) is 32.5. The van der Waals surface area contributed by atoms with Crippen LogP contribution in [0, 0.1) is 27.7 Å². The summed E-state index contributed by atoms with van der Waals surface area (Å²) in [5.41, 5.74) is 7.09. The summed E-state index contributed by atoms with van der Waals surface area (Å²) >= 11 is 0. The van der Waals surface area contributed by atoms with E-state index in [9.17, 15) is 9.59 Å². The largest absolute Gasteiger partial charge is 0.350 e. The molecule has 0 radical (unpaired) electrons. The SMILES string of the molecule is Cc1ccc(C2=C(Nc3cc(C)ccc3C)C(=O)N(Cc3ccccn3)C2=O)c(C)c1. The van der Waals surface area contributed by atoms with Crippen LogP contribution in [-0.2, 0) is 16.1 Å². The lowest BCUT2D eigenvalue weighted by molar-refractivity contribution is -0.137. The molecule has 0 fully saturated rings. The molecule has 2 heterocycles. The first-order chi connectivity index (χ1) is 14.8. The Hall–Kier alpha value is -3.73. The highest BCUT2D eigenvalue weighted by Crippen LogP contribution is 2.34. The molecule has 0 bridgehead atoms. The van der Waals surface area contributed by atoms with E-state index in [1.807, 2.05) is 82.3 Å². The lowest BCUT2D eigenvalue weighted by Gasteiger charge is -2.15. The van der Waals surface area contributed by atoms with Gasteiger partial charge in [0.25, 0.3) is 11.8 Å². The minimum Gasteiger partial charge on any atom is -0.350 e. The van der Waals surface area contributed by atoms with Gasteiger partial charge in [-0.2, -0.15) is 0 Å². The van der Waals surface area contributed by atoms with Gasteiger partial charge < -0.3 is 5.32 Å². The van der Waals surface area contributed by atoms with E-state index in [1.165, 1.54) is 4.90 Å². The smallest absolute Gasteiger partial charge is 0.278 e. The van der Waals surface area contributed by atoms with E-state index in [2.05, 4.69) is 10.3 Å². The molecule has 156 valence electrons. The summed E-state index contributed by atoms with van der Waals surface area (Å²) in [6.07, 6.45) is 1.66. The van der Waals surface area contributed by atoms with E-state index in [4.69, 9.17) is 0 Å². The van der Waals surface area contributed by atoms with E-state index in [0.29, 0.717) is 17.0 Å². The van der Waals surface area contributed by atoms with Gasteiger partial charge in [0.1, 0.15) is 5.70 Å². The normalized spacial score (nSPS) is 13.9. The number of nitrogens with zero attached hydrogens (tertiary/aromatic N) is 2. The molecule has 3 aromatic rings. The van der Waals surface area contributed by atoms with Gasteiger partial charge in [-0.25, -0.2) is 0 Å². The second-order valence-corrected chi connectivity index (χ2v) is 8.03. The van der Waals surface area contributed by atoms with E-state index < -0.39 is 0 Å². The van der Waals surface area contributed by atoms with E-state index in [1.54, 1.807) is 6.20 Å². The number of carbonyl (C=O) groups is 2. The first-order valence-corrected chi connectivity index (χ1v) is 10.3. The van der Waals surface area contributed by atoms with Crippen molar-refractivity contribution >= 4 is 23.1 Å². The van der Waals surface area contributed by atoms with Crippen molar-refractivity contribution in [1.82, 2.24) is 9.88 Å². The van der Waals surface area contributed by atoms with Crippen molar-refractivity contribution in [2.45, 2.75) is 34.2 Å². The number of imide groups is 1. The highest BCUT2D eigenvalue weighted by Gasteiger charge is 2.40. The third kappa shape index (κ3) is 3.99. The highest BCUT2D eigenvalue weighted by atomic mass is 16.2. The molecule has 2 aromatic carbocycles. The molecule has 1 N–H and O–H groups in total. The summed E-state index contributed by atoms with van der Waals surface area (Å²) in [6, 6.07) is 17.4. The monoisotopic (exact) mass is 411 g/mol. The molecule has 0 unspecified atom stereocenters. The van der Waals surface area contributed by atoms with Gasteiger partial charge >= 0.3 is 0 Å². The quantitative estimate of drug-likeness (QED) is 0.618. The van der Waals surface area contributed by atoms with Crippen molar-refractivity contribution in [2.75, 3.05) is 5.32 Å². The number of anilines is 1. The van der Waals surface area contributed by atoms with Crippen LogP contribution < -0.4 is 5.32 Å². The number of hydrogen-bond acceptors (Lipinski definition) is 4. The Labute approximate surface area is 182 Å². The number of nitrogens with one attached hydrogen (secondary N) is 1. The first kappa shape index (κ1) is 20.5. The minimum absolute atomic E-state index is 0.130. The molecular formula is C26H25N3O2. The van der Waals surface area contributed by atoms with Crippen LogP contribution in [0.15, 0.2) is 66.5 Å². The van der Waals surface area contributed by atoms with Gasteiger partial charge in [0.05, 0.1) is 17.8 Å². The van der Waals surface area contributed by atoms with Crippen molar-refractivity contribution < 1.29 is 9.59 Å². The average Bonchev–Trinajstić information content (AvgIpc) is 2.96. The topological polar surface area (TPSA) is 62.3 Å². The zero-order chi connectivity index (χ0) is 22.1. The molecule has 5 nitrogen and oxygen atoms in total. The Balaban J connectivity index is 1.81. The molecule has 4 rings (SSSR count). The number of pyridine rings is 1. The predicted octanol–water partition coefficient (Wildman–Crippen LogP) is 4.71. The molecule has 31 heavy (non-hydrogen) atoms. The number of rotatable bonds is 5. The molecule has 0 spiro atoms. The molecule has 0 aliphatic carbocycles. The number of hydrogen-bond donors (Lipinski definition) is 1. The molecule has 5 heteroatoms. The maximum Gasteiger partial charge on any atom is 0.278 e. The van der Waals surface area contributed by atoms with Crippen LogP contribution in [0.5, 0.6) is 0 Å². The summed E-state index contributed by atoms with van der Waals surface area (Å²) in [7, 11) is 0. The molecular weight excluding hydrogens is 386 g/mol. The molecule has 0 saturated carbocycles. The fourth-order valence-corrected chi connectivity index (χ4v) is 3.84. The van der Waals surface area contributed by atoms with Gasteiger partial charge in [-0.15, -0.1) is 0 Å². The van der Waals surface area contributed by atoms with Crippen molar-refractivity contribution in [2.24, 2.45) is 0 Å². The van der Waals surface area contributed by atoms with Crippen molar-refractivity contribution in [3.8, 4) is 0 Å². The van der Waals surface area contributed by atoms with Crippen molar-refractivity contribution in [1.29, 1.82) is 0 Å². The van der Waals surface area contributed by atoms with Crippen molar-refractivity contribution in [3.05, 3.63) is 100 Å². The Kier molecular flexibility index (Phi) is 5.42. The van der Waals surface area contributed by atoms with Gasteiger partial charge in [0.2, 0.25) is 0 Å². The molecule has 2 amide bonds. The summed E-state index contributed by atoms with van der Waals surface area (Å²) in [5, 5.41) is 3.28. The van der Waals surface area contributed by atoms with Gasteiger partial charge in [-0.05, 0) is 68.1 Å². The van der Waals surface area contributed by atoms with Crippen LogP contribution in [0.25, 0.3) is 5.57 Å². The minimum atomic E-state index is -0.341. The van der Waals surface area contributed by atoms with Crippen LogP contribution >= 0.6 is 0 Å². The van der Waals surface area contributed by atoms with E-state index >= 15 is 0 Å². The number of aryl methyl sites for hydroxylation is 4. The molecule has 0 saturated heterocycles. The third-order valence-electron chi connectivity index (χ3n) is 5.52. The zero-order valence-electron chi connectivity index (χ0n) is 18.2. The van der Waals surface area contributed by atoms with Crippen LogP contribution in [0.3, 0.4) is 0 Å². The van der Waals surface area contributed by atoms with Crippen LogP contribution in [0.1, 0.15) is 33.5 Å². The van der Waals surface area contributed by atoms with Gasteiger partial charge in [0, 0.05) is 11.9 Å². The van der Waals surface area contributed by atoms with Gasteiger partial charge in [-0.3, -0.25) is 19.5 Å². The Morgan fingerprint density at radius 2 is 1.58 bits per heavy atom. The Morgan fingerprint density at radius 3 is 2.29 bits per heavy atom. The van der Waals surface area contributed by atoms with Gasteiger partial charge in [0.15, 0.2) is 0 Å². The third-order valence-corrected chi connectivity index (χ3v) is 5.52. The van der Waals surface area contributed by atoms with Crippen LogP contribution in [-0.4, -0.2) is 21.7 Å². The second kappa shape index (κ2) is 8.19. The number of amides is 2. The fraction of sp³-hybridized carbons (Fsp3) is 0.192. The molecule has 1 aromatic heterocycles. The predicted molar refractivity (Wildman–Crippen MR) is 122 cm³/mol. The average molecular weight is 412 g/mol. The fourth-order valence-electron chi connectivity index (χ4n) is 3.84. The lowest BCUT2D eigenvalue weighted by Crippen LogP contribution is -2.32. The van der Waals surface area contributed by atoms with E-state index in [-0.39, 0.29) is 18.4 Å². The van der Waals surface area contributed by atoms with Gasteiger partial charge in [-0.1, -0.05) is 42.0 Å². The standard InChI is InChI=1S/C26H25N3O2/c1-16-9-11-21(19(4)13-16)23-24(28-22-14-17(2)8-10-18(22)3)26(31)29(25(23)30)15-20-7-5-6-12-27-20/h5-14,28H,15H2,1-4H3. The number of benzene rings is 2. The van der Waals surface area contributed by atoms with Crippen molar-refractivity contribution in [3.63, 3.8) is 0 Å². The summed E-state index contributed by atoms with van der Waals surface area (Å²) < 4.78 is 0. The highest BCUT2D eigenvalue weighted by molar-refractivity contribution is 6.36. The summed E-state index contributed by atoms with van der Waals surface area (Å²) in [5.74, 6) is -0.651. The first-order valence-electron chi connectivity index (χ1n) is 10.3. The zero-order valence-corrected chi connectivity index (χ0v) is 18.2. The molecule has 0 atom stereocenters. The van der Waals surface area contributed by atoms with Crippen LogP contribution in [0.4, 0.5) is 5.69 Å². The van der Waals surface area contributed by atoms with Crippen LogP contribution in [0.2, 0.25) is 0 Å². The maximum atomic E-state index is 13.5. The maximum absolute atomic E-state index is 13.5. The Morgan fingerprint density at radius 1 is 0.839 bits per heavy atom. The van der Waals surface area contributed by atoms with E-state index in [0.717, 1.165) is 33.5 Å². The number of aromatic nitrogens is 1. The molecule has 1 aliphatic rings. The number of carbonyl (C=O) groups excluding carboxylic acids is 2. The summed E-state index contributed by atoms with van der Waals surface area (Å²) in [6.45, 7) is 8.08.